The Morgan fingerprint density at radius 1 is 1.12 bits per heavy atom. The van der Waals surface area contributed by atoms with Gasteiger partial charge in [0.05, 0.1) is 16.9 Å². The van der Waals surface area contributed by atoms with Crippen LogP contribution in [0, 0.1) is 0 Å². The topological polar surface area (TPSA) is 51.0 Å². The molecule has 0 unspecified atom stereocenters. The van der Waals surface area contributed by atoms with Gasteiger partial charge in [0.2, 0.25) is 0 Å². The van der Waals surface area contributed by atoms with Gasteiger partial charge in [-0.25, -0.2) is 4.68 Å². The standard InChI is InChI=1S/C18H17ClN4O/c1-2-22(12-14-8-4-3-5-9-14)18(24)16-13-23(21-20-16)17-11-7-6-10-15(17)19/h3-11,13H,2,12H2,1H3. The number of carbonyl (C=O) groups is 1. The van der Waals surface area contributed by atoms with E-state index in [0.717, 1.165) is 5.56 Å². The van der Waals surface area contributed by atoms with Gasteiger partial charge in [0.1, 0.15) is 0 Å². The maximum absolute atomic E-state index is 12.7. The molecule has 5 nitrogen and oxygen atoms in total. The molecule has 0 atom stereocenters. The Morgan fingerprint density at radius 2 is 1.83 bits per heavy atom. The first-order valence-electron chi connectivity index (χ1n) is 7.69. The van der Waals surface area contributed by atoms with E-state index in [9.17, 15) is 4.79 Å². The Morgan fingerprint density at radius 3 is 2.54 bits per heavy atom. The van der Waals surface area contributed by atoms with Crippen LogP contribution in [0.2, 0.25) is 5.02 Å². The van der Waals surface area contributed by atoms with Crippen LogP contribution in [0.4, 0.5) is 0 Å². The molecule has 0 radical (unpaired) electrons. The van der Waals surface area contributed by atoms with Crippen molar-refractivity contribution in [1.29, 1.82) is 0 Å². The number of hydrogen-bond donors (Lipinski definition) is 0. The summed E-state index contributed by atoms with van der Waals surface area (Å²) in [6, 6.07) is 17.2. The minimum absolute atomic E-state index is 0.153. The maximum Gasteiger partial charge on any atom is 0.276 e. The second kappa shape index (κ2) is 7.27. The first kappa shape index (κ1) is 16.2. The molecule has 1 amide bonds. The zero-order chi connectivity index (χ0) is 16.9. The fourth-order valence-corrected chi connectivity index (χ4v) is 2.63. The molecule has 1 aromatic heterocycles. The van der Waals surface area contributed by atoms with Crippen LogP contribution in [-0.4, -0.2) is 32.3 Å². The molecule has 0 fully saturated rings. The minimum Gasteiger partial charge on any atom is -0.333 e. The Bertz CT molecular complexity index is 832. The summed E-state index contributed by atoms with van der Waals surface area (Å²) < 4.78 is 1.52. The molecule has 0 N–H and O–H groups in total. The summed E-state index contributed by atoms with van der Waals surface area (Å²) in [5.41, 5.74) is 2.07. The minimum atomic E-state index is -0.153. The number of para-hydroxylation sites is 1. The highest BCUT2D eigenvalue weighted by molar-refractivity contribution is 6.32. The molecule has 2 aromatic carbocycles. The fraction of sp³-hybridized carbons (Fsp3) is 0.167. The van der Waals surface area contributed by atoms with Gasteiger partial charge in [-0.3, -0.25) is 4.79 Å². The van der Waals surface area contributed by atoms with Crippen molar-refractivity contribution in [1.82, 2.24) is 19.9 Å². The molecular formula is C18H17ClN4O. The van der Waals surface area contributed by atoms with E-state index >= 15 is 0 Å². The lowest BCUT2D eigenvalue weighted by Crippen LogP contribution is -2.30. The van der Waals surface area contributed by atoms with Crippen molar-refractivity contribution >= 4 is 17.5 Å². The average molecular weight is 341 g/mol. The summed E-state index contributed by atoms with van der Waals surface area (Å²) in [6.07, 6.45) is 1.61. The van der Waals surface area contributed by atoms with E-state index in [0.29, 0.717) is 29.5 Å². The van der Waals surface area contributed by atoms with Crippen LogP contribution < -0.4 is 0 Å². The Hall–Kier alpha value is -2.66. The molecule has 6 heteroatoms. The molecule has 0 saturated heterocycles. The van der Waals surface area contributed by atoms with Crippen LogP contribution in [0.15, 0.2) is 60.8 Å². The maximum atomic E-state index is 12.7. The monoisotopic (exact) mass is 340 g/mol. The normalized spacial score (nSPS) is 10.6. The molecule has 24 heavy (non-hydrogen) atoms. The van der Waals surface area contributed by atoms with Crippen molar-refractivity contribution < 1.29 is 4.79 Å². The van der Waals surface area contributed by atoms with Crippen LogP contribution in [0.25, 0.3) is 5.69 Å². The lowest BCUT2D eigenvalue weighted by molar-refractivity contribution is 0.0746. The van der Waals surface area contributed by atoms with Gasteiger partial charge in [0, 0.05) is 13.1 Å². The van der Waals surface area contributed by atoms with Crippen molar-refractivity contribution in [3.8, 4) is 5.69 Å². The lowest BCUT2D eigenvalue weighted by Gasteiger charge is -2.19. The number of hydrogen-bond acceptors (Lipinski definition) is 3. The Kier molecular flexibility index (Phi) is 4.91. The first-order chi connectivity index (χ1) is 11.7. The Labute approximate surface area is 145 Å². The van der Waals surface area contributed by atoms with E-state index in [1.807, 2.05) is 55.5 Å². The van der Waals surface area contributed by atoms with Crippen molar-refractivity contribution in [3.63, 3.8) is 0 Å². The number of halogens is 1. The highest BCUT2D eigenvalue weighted by Crippen LogP contribution is 2.19. The van der Waals surface area contributed by atoms with Gasteiger partial charge < -0.3 is 4.90 Å². The largest absolute Gasteiger partial charge is 0.333 e. The SMILES string of the molecule is CCN(Cc1ccccc1)C(=O)c1cn(-c2ccccc2Cl)nn1. The van der Waals surface area contributed by atoms with Crippen molar-refractivity contribution in [2.45, 2.75) is 13.5 Å². The van der Waals surface area contributed by atoms with Gasteiger partial charge in [-0.15, -0.1) is 5.10 Å². The van der Waals surface area contributed by atoms with Crippen LogP contribution in [-0.2, 0) is 6.54 Å². The third-order valence-corrected chi connectivity index (χ3v) is 4.02. The van der Waals surface area contributed by atoms with Crippen molar-refractivity contribution in [3.05, 3.63) is 77.1 Å². The fourth-order valence-electron chi connectivity index (χ4n) is 2.41. The van der Waals surface area contributed by atoms with Gasteiger partial charge >= 0.3 is 0 Å². The van der Waals surface area contributed by atoms with Crippen LogP contribution >= 0.6 is 11.6 Å². The molecule has 0 aliphatic carbocycles. The van der Waals surface area contributed by atoms with E-state index in [-0.39, 0.29) is 5.91 Å². The molecule has 0 saturated carbocycles. The number of aromatic nitrogens is 3. The molecule has 0 spiro atoms. The average Bonchev–Trinajstić information content (AvgIpc) is 3.10. The number of nitrogens with zero attached hydrogens (tertiary/aromatic N) is 4. The number of carbonyl (C=O) groups excluding carboxylic acids is 1. The number of benzene rings is 2. The van der Waals surface area contributed by atoms with Crippen LogP contribution in [0.3, 0.4) is 0 Å². The number of amides is 1. The molecule has 0 aliphatic heterocycles. The molecule has 122 valence electrons. The zero-order valence-electron chi connectivity index (χ0n) is 13.3. The summed E-state index contributed by atoms with van der Waals surface area (Å²) in [6.45, 7) is 3.07. The zero-order valence-corrected chi connectivity index (χ0v) is 14.0. The molecule has 1 heterocycles. The summed E-state index contributed by atoms with van der Waals surface area (Å²) >= 11 is 6.16. The predicted molar refractivity (Wildman–Crippen MR) is 93.2 cm³/mol. The third-order valence-electron chi connectivity index (χ3n) is 3.70. The van der Waals surface area contributed by atoms with E-state index in [2.05, 4.69) is 10.3 Å². The summed E-state index contributed by atoms with van der Waals surface area (Å²) in [5.74, 6) is -0.153. The van der Waals surface area contributed by atoms with Crippen LogP contribution in [0.5, 0.6) is 0 Å². The summed E-state index contributed by atoms with van der Waals surface area (Å²) in [5, 5.41) is 8.59. The molecule has 0 bridgehead atoms. The molecular weight excluding hydrogens is 324 g/mol. The second-order valence-electron chi connectivity index (χ2n) is 5.30. The van der Waals surface area contributed by atoms with Gasteiger partial charge in [-0.05, 0) is 24.6 Å². The van der Waals surface area contributed by atoms with E-state index < -0.39 is 0 Å². The summed E-state index contributed by atoms with van der Waals surface area (Å²) in [7, 11) is 0. The van der Waals surface area contributed by atoms with Crippen molar-refractivity contribution in [2.75, 3.05) is 6.54 Å². The third kappa shape index (κ3) is 3.46. The highest BCUT2D eigenvalue weighted by Gasteiger charge is 2.19. The van der Waals surface area contributed by atoms with Gasteiger partial charge in [0.15, 0.2) is 5.69 Å². The van der Waals surface area contributed by atoms with Crippen LogP contribution in [0.1, 0.15) is 23.0 Å². The van der Waals surface area contributed by atoms with E-state index in [4.69, 9.17) is 11.6 Å². The second-order valence-corrected chi connectivity index (χ2v) is 5.71. The Balaban J connectivity index is 1.81. The molecule has 0 aliphatic rings. The molecule has 3 rings (SSSR count). The van der Waals surface area contributed by atoms with Crippen molar-refractivity contribution in [2.24, 2.45) is 0 Å². The molecule has 3 aromatic rings. The van der Waals surface area contributed by atoms with E-state index in [1.165, 1.54) is 4.68 Å². The van der Waals surface area contributed by atoms with Gasteiger partial charge in [0.25, 0.3) is 5.91 Å². The highest BCUT2D eigenvalue weighted by atomic mass is 35.5. The summed E-state index contributed by atoms with van der Waals surface area (Å²) in [4.78, 5) is 14.4. The lowest BCUT2D eigenvalue weighted by atomic mass is 10.2. The number of rotatable bonds is 5. The first-order valence-corrected chi connectivity index (χ1v) is 8.07. The van der Waals surface area contributed by atoms with Gasteiger partial charge in [-0.1, -0.05) is 59.3 Å². The van der Waals surface area contributed by atoms with E-state index in [1.54, 1.807) is 17.2 Å². The smallest absolute Gasteiger partial charge is 0.276 e. The van der Waals surface area contributed by atoms with Gasteiger partial charge in [-0.2, -0.15) is 0 Å². The predicted octanol–water partition coefficient (Wildman–Crippen LogP) is 3.58. The quantitative estimate of drug-likeness (QED) is 0.713.